The van der Waals surface area contributed by atoms with Gasteiger partial charge >= 0.3 is 0 Å². The van der Waals surface area contributed by atoms with Crippen LogP contribution in [0.3, 0.4) is 0 Å². The maximum atomic E-state index is 13.7. The van der Waals surface area contributed by atoms with Gasteiger partial charge in [0.1, 0.15) is 0 Å². The Labute approximate surface area is 229 Å². The molecule has 2 amide bonds. The summed E-state index contributed by atoms with van der Waals surface area (Å²) in [5.74, 6) is -0.826. The molecular formula is C29H33N5O4S. The van der Waals surface area contributed by atoms with Crippen molar-refractivity contribution in [3.05, 3.63) is 89.5 Å². The van der Waals surface area contributed by atoms with Crippen molar-refractivity contribution >= 4 is 27.3 Å². The first-order valence-corrected chi connectivity index (χ1v) is 14.7. The predicted molar refractivity (Wildman–Crippen MR) is 149 cm³/mol. The highest BCUT2D eigenvalue weighted by molar-refractivity contribution is 7.91. The second kappa shape index (κ2) is 11.7. The Balaban J connectivity index is 1.39. The number of nitrogens with one attached hydrogen (secondary N) is 3. The quantitative estimate of drug-likeness (QED) is 0.372. The molecule has 0 saturated carbocycles. The first-order valence-electron chi connectivity index (χ1n) is 13.2. The Morgan fingerprint density at radius 1 is 1.03 bits per heavy atom. The van der Waals surface area contributed by atoms with Crippen LogP contribution < -0.4 is 21.1 Å². The summed E-state index contributed by atoms with van der Waals surface area (Å²) in [7, 11) is -4.01. The summed E-state index contributed by atoms with van der Waals surface area (Å²) >= 11 is 0. The molecule has 0 aliphatic carbocycles. The second-order valence-corrected chi connectivity index (χ2v) is 11.8. The van der Waals surface area contributed by atoms with Gasteiger partial charge in [-0.1, -0.05) is 42.5 Å². The van der Waals surface area contributed by atoms with Gasteiger partial charge in [0.2, 0.25) is 9.84 Å². The van der Waals surface area contributed by atoms with Crippen molar-refractivity contribution in [2.45, 2.75) is 35.7 Å². The number of fused-ring (bicyclic) bond motifs is 2. The average molecular weight is 548 g/mol. The number of hydrogen-bond donors (Lipinski definition) is 3. The molecule has 10 heteroatoms. The summed E-state index contributed by atoms with van der Waals surface area (Å²) in [6, 6.07) is 20.5. The van der Waals surface area contributed by atoms with E-state index in [9.17, 15) is 18.0 Å². The topological polar surface area (TPSA) is 111 Å². The number of nitrogens with zero attached hydrogens (tertiary/aromatic N) is 2. The van der Waals surface area contributed by atoms with Gasteiger partial charge in [-0.15, -0.1) is 0 Å². The highest BCUT2D eigenvalue weighted by Crippen LogP contribution is 2.36. The van der Waals surface area contributed by atoms with Crippen molar-refractivity contribution in [2.75, 3.05) is 37.7 Å². The number of benzene rings is 3. The summed E-state index contributed by atoms with van der Waals surface area (Å²) in [4.78, 5) is 29.0. The molecule has 0 radical (unpaired) electrons. The van der Waals surface area contributed by atoms with Gasteiger partial charge in [-0.25, -0.2) is 18.9 Å². The van der Waals surface area contributed by atoms with Crippen LogP contribution in [0.25, 0.3) is 0 Å². The molecule has 3 aromatic rings. The molecule has 39 heavy (non-hydrogen) atoms. The Morgan fingerprint density at radius 2 is 1.79 bits per heavy atom. The van der Waals surface area contributed by atoms with Crippen LogP contribution in [-0.4, -0.2) is 63.9 Å². The van der Waals surface area contributed by atoms with E-state index in [4.69, 9.17) is 0 Å². The van der Waals surface area contributed by atoms with Gasteiger partial charge in [-0.2, -0.15) is 0 Å². The minimum absolute atomic E-state index is 0.0364. The number of carbonyl (C=O) groups excluding carboxylic acids is 2. The Kier molecular flexibility index (Phi) is 8.08. The summed E-state index contributed by atoms with van der Waals surface area (Å²) in [5.41, 5.74) is 4.49. The minimum atomic E-state index is -4.01. The molecule has 0 bridgehead atoms. The van der Waals surface area contributed by atoms with Crippen LogP contribution in [0.15, 0.2) is 82.6 Å². The van der Waals surface area contributed by atoms with Crippen molar-refractivity contribution in [2.24, 2.45) is 0 Å². The number of carbonyl (C=O) groups is 2. The highest BCUT2D eigenvalue weighted by Gasteiger charge is 2.36. The molecule has 1 unspecified atom stereocenters. The van der Waals surface area contributed by atoms with Crippen molar-refractivity contribution in [3.63, 3.8) is 0 Å². The van der Waals surface area contributed by atoms with Gasteiger partial charge in [-0.3, -0.25) is 9.59 Å². The smallest absolute Gasteiger partial charge is 0.274 e. The van der Waals surface area contributed by atoms with E-state index in [0.29, 0.717) is 12.6 Å². The van der Waals surface area contributed by atoms with Gasteiger partial charge in [0.15, 0.2) is 0 Å². The number of sulfone groups is 1. The first kappa shape index (κ1) is 27.0. The number of hydrogen-bond acceptors (Lipinski definition) is 7. The zero-order valence-corrected chi connectivity index (χ0v) is 22.7. The van der Waals surface area contributed by atoms with Crippen LogP contribution in [0.5, 0.6) is 0 Å². The van der Waals surface area contributed by atoms with Crippen molar-refractivity contribution in [1.82, 2.24) is 21.0 Å². The molecule has 5 rings (SSSR count). The monoisotopic (exact) mass is 547 g/mol. The lowest BCUT2D eigenvalue weighted by atomic mass is 10.1. The van der Waals surface area contributed by atoms with Crippen LogP contribution in [0.2, 0.25) is 0 Å². The molecule has 1 atom stereocenters. The molecule has 2 aliphatic heterocycles. The zero-order valence-electron chi connectivity index (χ0n) is 21.9. The fraction of sp³-hybridized carbons (Fsp3) is 0.310. The zero-order chi connectivity index (χ0) is 27.4. The molecule has 9 nitrogen and oxygen atoms in total. The molecule has 3 aromatic carbocycles. The highest BCUT2D eigenvalue weighted by atomic mass is 32.2. The third kappa shape index (κ3) is 5.89. The largest absolute Gasteiger partial charge is 0.352 e. The van der Waals surface area contributed by atoms with Crippen LogP contribution in [0.4, 0.5) is 5.69 Å². The molecule has 0 aromatic heterocycles. The van der Waals surface area contributed by atoms with Crippen LogP contribution >= 0.6 is 0 Å². The first-order chi connectivity index (χ1) is 18.8. The fourth-order valence-corrected chi connectivity index (χ4v) is 6.64. The summed E-state index contributed by atoms with van der Waals surface area (Å²) in [6.45, 7) is 6.76. The van der Waals surface area contributed by atoms with Crippen molar-refractivity contribution in [3.8, 4) is 0 Å². The minimum Gasteiger partial charge on any atom is -0.352 e. The third-order valence-electron chi connectivity index (χ3n) is 7.04. The lowest BCUT2D eigenvalue weighted by molar-refractivity contribution is 0.0945. The van der Waals surface area contributed by atoms with Gasteiger partial charge in [0.05, 0.1) is 21.0 Å². The average Bonchev–Trinajstić information content (AvgIpc) is 3.01. The SMILES string of the molecule is CC1CN(CCCNC(=O)c2ccc3c(c2)N(NCc2ccccc2)C(=O)c2ccccc2S3(=O)=O)CCN1. The fourth-order valence-electron chi connectivity index (χ4n) is 5.03. The molecule has 204 valence electrons. The Bertz CT molecular complexity index is 1460. The molecule has 2 aliphatic rings. The number of anilines is 1. The molecule has 3 N–H and O–H groups in total. The summed E-state index contributed by atoms with van der Waals surface area (Å²) in [6.07, 6.45) is 0.802. The van der Waals surface area contributed by atoms with Gasteiger partial charge < -0.3 is 15.5 Å². The van der Waals surface area contributed by atoms with E-state index in [-0.39, 0.29) is 39.1 Å². The van der Waals surface area contributed by atoms with Gasteiger partial charge in [0.25, 0.3) is 11.8 Å². The summed E-state index contributed by atoms with van der Waals surface area (Å²) < 4.78 is 27.3. The Morgan fingerprint density at radius 3 is 2.59 bits per heavy atom. The van der Waals surface area contributed by atoms with Gasteiger partial charge in [-0.05, 0) is 55.8 Å². The lowest BCUT2D eigenvalue weighted by Gasteiger charge is -2.31. The Hall–Kier alpha value is -3.57. The maximum absolute atomic E-state index is 13.7. The standard InChI is InChI=1S/C29H33N5O4S/c1-21-20-33(17-15-30-21)16-7-14-31-28(35)23-12-13-27-25(18-23)34(32-19-22-8-3-2-4-9-22)29(36)24-10-5-6-11-26(24)39(27,37)38/h2-6,8-13,18,21,30,32H,7,14-17,19-20H2,1H3,(H,31,35). The van der Waals surface area contributed by atoms with Crippen LogP contribution in [0, 0.1) is 0 Å². The van der Waals surface area contributed by atoms with E-state index in [1.807, 2.05) is 30.3 Å². The molecule has 1 saturated heterocycles. The van der Waals surface area contributed by atoms with E-state index >= 15 is 0 Å². The van der Waals surface area contributed by atoms with Crippen LogP contribution in [-0.2, 0) is 16.4 Å². The van der Waals surface area contributed by atoms with E-state index in [2.05, 4.69) is 27.9 Å². The molecule has 1 fully saturated rings. The normalized spacial score (nSPS) is 18.6. The predicted octanol–water partition coefficient (Wildman–Crippen LogP) is 2.60. The molecule has 0 spiro atoms. The third-order valence-corrected chi connectivity index (χ3v) is 8.89. The number of hydrazine groups is 1. The number of piperazine rings is 1. The van der Waals surface area contributed by atoms with E-state index in [1.54, 1.807) is 12.1 Å². The van der Waals surface area contributed by atoms with Crippen LogP contribution in [0.1, 0.15) is 39.6 Å². The van der Waals surface area contributed by atoms with Gasteiger partial charge in [0, 0.05) is 44.3 Å². The number of amides is 2. The van der Waals surface area contributed by atoms with E-state index in [0.717, 1.165) is 38.2 Å². The van der Waals surface area contributed by atoms with Crippen molar-refractivity contribution in [1.29, 1.82) is 0 Å². The maximum Gasteiger partial charge on any atom is 0.274 e. The van der Waals surface area contributed by atoms with Crippen molar-refractivity contribution < 1.29 is 18.0 Å². The second-order valence-electron chi connectivity index (χ2n) is 9.91. The summed E-state index contributed by atoms with van der Waals surface area (Å²) in [5, 5.41) is 7.60. The van der Waals surface area contributed by atoms with E-state index in [1.165, 1.54) is 35.3 Å². The van der Waals surface area contributed by atoms with E-state index < -0.39 is 15.7 Å². The molecule has 2 heterocycles. The number of rotatable bonds is 8. The lowest BCUT2D eigenvalue weighted by Crippen LogP contribution is -2.49. The molecular weight excluding hydrogens is 514 g/mol.